The van der Waals surface area contributed by atoms with E-state index in [1.165, 1.54) is 7.11 Å². The summed E-state index contributed by atoms with van der Waals surface area (Å²) in [7, 11) is 1.32. The Morgan fingerprint density at radius 1 is 1.35 bits per heavy atom. The lowest BCUT2D eigenvalue weighted by atomic mass is 9.94. The Bertz CT molecular complexity index is 713. The number of amides is 2. The van der Waals surface area contributed by atoms with Gasteiger partial charge in [-0.15, -0.1) is 0 Å². The lowest BCUT2D eigenvalue weighted by molar-refractivity contribution is -0.136. The van der Waals surface area contributed by atoms with Crippen molar-refractivity contribution >= 4 is 35.2 Å². The van der Waals surface area contributed by atoms with Crippen molar-refractivity contribution in [2.24, 2.45) is 0 Å². The summed E-state index contributed by atoms with van der Waals surface area (Å²) in [6.07, 6.45) is 1.87. The molecule has 1 aliphatic carbocycles. The van der Waals surface area contributed by atoms with Crippen molar-refractivity contribution in [3.8, 4) is 0 Å². The van der Waals surface area contributed by atoms with Gasteiger partial charge in [-0.25, -0.2) is 9.59 Å². The minimum atomic E-state index is -0.658. The Kier molecular flexibility index (Phi) is 4.25. The number of halogens is 2. The Labute approximate surface area is 144 Å². The van der Waals surface area contributed by atoms with Gasteiger partial charge in [-0.1, -0.05) is 29.3 Å². The molecule has 2 amide bonds. The van der Waals surface area contributed by atoms with Crippen molar-refractivity contribution in [3.05, 3.63) is 45.1 Å². The molecule has 0 radical (unpaired) electrons. The highest BCUT2D eigenvalue weighted by Crippen LogP contribution is 2.39. The summed E-state index contributed by atoms with van der Waals surface area (Å²) < 4.78 is 4.92. The fourth-order valence-electron chi connectivity index (χ4n) is 2.87. The first-order chi connectivity index (χ1) is 10.9. The molecule has 0 aromatic heterocycles. The molecular formula is C16H16Cl2N2O3. The highest BCUT2D eigenvalue weighted by molar-refractivity contribution is 6.35. The minimum absolute atomic E-state index is 0.149. The van der Waals surface area contributed by atoms with Gasteiger partial charge in [0, 0.05) is 21.8 Å². The Balaban J connectivity index is 2.11. The maximum atomic E-state index is 12.5. The Hall–Kier alpha value is -1.72. The van der Waals surface area contributed by atoms with E-state index in [4.69, 9.17) is 27.9 Å². The van der Waals surface area contributed by atoms with Gasteiger partial charge in [0.2, 0.25) is 0 Å². The van der Waals surface area contributed by atoms with Gasteiger partial charge in [0.05, 0.1) is 18.7 Å². The number of carbonyl (C=O) groups is 2. The number of hydrogen-bond donors (Lipinski definition) is 1. The molecule has 5 nitrogen and oxygen atoms in total. The number of allylic oxidation sites excluding steroid dienone is 1. The van der Waals surface area contributed by atoms with E-state index >= 15 is 0 Å². The van der Waals surface area contributed by atoms with E-state index in [1.54, 1.807) is 30.0 Å². The van der Waals surface area contributed by atoms with Gasteiger partial charge in [0.15, 0.2) is 0 Å². The zero-order chi connectivity index (χ0) is 16.7. The molecule has 1 fully saturated rings. The van der Waals surface area contributed by atoms with Crippen LogP contribution in [0.25, 0.3) is 0 Å². The fourth-order valence-corrected chi connectivity index (χ4v) is 3.39. The zero-order valence-electron chi connectivity index (χ0n) is 12.7. The third-order valence-corrected chi connectivity index (χ3v) is 4.68. The maximum absolute atomic E-state index is 12.5. The first-order valence-electron chi connectivity index (χ1n) is 7.27. The molecule has 2 aliphatic rings. The van der Waals surface area contributed by atoms with Gasteiger partial charge in [-0.2, -0.15) is 0 Å². The molecule has 23 heavy (non-hydrogen) atoms. The van der Waals surface area contributed by atoms with E-state index in [0.29, 0.717) is 26.9 Å². The second-order valence-electron chi connectivity index (χ2n) is 5.64. The molecule has 0 spiro atoms. The lowest BCUT2D eigenvalue weighted by Gasteiger charge is -2.35. The van der Waals surface area contributed by atoms with Crippen LogP contribution in [0.5, 0.6) is 0 Å². The van der Waals surface area contributed by atoms with Gasteiger partial charge in [0.1, 0.15) is 0 Å². The third-order valence-electron chi connectivity index (χ3n) is 4.12. The smallest absolute Gasteiger partial charge is 0.337 e. The molecule has 1 saturated carbocycles. The minimum Gasteiger partial charge on any atom is -0.466 e. The molecule has 7 heteroatoms. The van der Waals surface area contributed by atoms with Crippen LogP contribution in [0.3, 0.4) is 0 Å². The number of nitrogens with zero attached hydrogens (tertiary/aromatic N) is 1. The van der Waals surface area contributed by atoms with Gasteiger partial charge < -0.3 is 10.1 Å². The van der Waals surface area contributed by atoms with Crippen LogP contribution >= 0.6 is 23.2 Å². The van der Waals surface area contributed by atoms with E-state index in [2.05, 4.69) is 5.32 Å². The van der Waals surface area contributed by atoms with Crippen LogP contribution in [-0.2, 0) is 9.53 Å². The number of methoxy groups -OCH3 is 1. The predicted octanol–water partition coefficient (Wildman–Crippen LogP) is 3.67. The zero-order valence-corrected chi connectivity index (χ0v) is 14.2. The fraction of sp³-hybridized carbons (Fsp3) is 0.375. The normalized spacial score (nSPS) is 21.3. The Morgan fingerprint density at radius 3 is 2.61 bits per heavy atom. The SMILES string of the molecule is COC(=O)C1=C(C)N(C2CC2)C(=O)N[C@@H]1c1ccc(Cl)cc1Cl. The van der Waals surface area contributed by atoms with Gasteiger partial charge in [0.25, 0.3) is 0 Å². The quantitative estimate of drug-likeness (QED) is 0.842. The van der Waals surface area contributed by atoms with E-state index in [1.807, 2.05) is 0 Å². The third kappa shape index (κ3) is 2.91. The number of benzene rings is 1. The summed E-state index contributed by atoms with van der Waals surface area (Å²) in [5.74, 6) is -0.482. The van der Waals surface area contributed by atoms with Crippen molar-refractivity contribution in [2.45, 2.75) is 31.8 Å². The second-order valence-corrected chi connectivity index (χ2v) is 6.48. The van der Waals surface area contributed by atoms with Crippen molar-refractivity contribution in [1.82, 2.24) is 10.2 Å². The van der Waals surface area contributed by atoms with Crippen molar-refractivity contribution in [1.29, 1.82) is 0 Å². The largest absolute Gasteiger partial charge is 0.466 e. The molecule has 1 atom stereocenters. The van der Waals surface area contributed by atoms with Gasteiger partial charge >= 0.3 is 12.0 Å². The highest BCUT2D eigenvalue weighted by Gasteiger charge is 2.42. The van der Waals surface area contributed by atoms with Crippen LogP contribution in [0.4, 0.5) is 4.79 Å². The number of esters is 1. The highest BCUT2D eigenvalue weighted by atomic mass is 35.5. The van der Waals surface area contributed by atoms with Crippen molar-refractivity contribution in [2.75, 3.05) is 7.11 Å². The molecular weight excluding hydrogens is 339 g/mol. The van der Waals surface area contributed by atoms with Crippen LogP contribution in [-0.4, -0.2) is 30.1 Å². The molecule has 1 N–H and O–H groups in total. The first kappa shape index (κ1) is 16.1. The summed E-state index contributed by atoms with van der Waals surface area (Å²) in [5.41, 5.74) is 1.61. The number of rotatable bonds is 3. The van der Waals surface area contributed by atoms with Crippen LogP contribution in [0.1, 0.15) is 31.4 Å². The molecule has 1 aromatic rings. The molecule has 1 aromatic carbocycles. The molecule has 0 unspecified atom stereocenters. The summed E-state index contributed by atoms with van der Waals surface area (Å²) in [5, 5.41) is 3.73. The number of hydrogen-bond acceptors (Lipinski definition) is 3. The number of ether oxygens (including phenoxy) is 1. The Morgan fingerprint density at radius 2 is 2.04 bits per heavy atom. The first-order valence-corrected chi connectivity index (χ1v) is 8.03. The van der Waals surface area contributed by atoms with Crippen molar-refractivity contribution < 1.29 is 14.3 Å². The van der Waals surface area contributed by atoms with Crippen LogP contribution in [0, 0.1) is 0 Å². The average molecular weight is 355 g/mol. The topological polar surface area (TPSA) is 58.6 Å². The van der Waals surface area contributed by atoms with E-state index in [0.717, 1.165) is 12.8 Å². The number of urea groups is 1. The van der Waals surface area contributed by atoms with Crippen LogP contribution in [0.2, 0.25) is 10.0 Å². The van der Waals surface area contributed by atoms with Crippen molar-refractivity contribution in [3.63, 3.8) is 0 Å². The standard InChI is InChI=1S/C16H16Cl2N2O3/c1-8-13(15(21)23-2)14(11-6-3-9(17)7-12(11)18)19-16(22)20(8)10-4-5-10/h3,6-7,10,14H,4-5H2,1-2H3,(H,19,22)/t14-/m1/s1. The molecule has 0 bridgehead atoms. The van der Waals surface area contributed by atoms with E-state index in [9.17, 15) is 9.59 Å². The molecule has 0 saturated heterocycles. The number of nitrogens with one attached hydrogen (secondary N) is 1. The molecule has 3 rings (SSSR count). The number of carbonyl (C=O) groups excluding carboxylic acids is 2. The van der Waals surface area contributed by atoms with Gasteiger partial charge in [-0.05, 0) is 37.5 Å². The second kappa shape index (κ2) is 6.06. The predicted molar refractivity (Wildman–Crippen MR) is 87.3 cm³/mol. The summed E-state index contributed by atoms with van der Waals surface area (Å²) in [6.45, 7) is 1.76. The summed E-state index contributed by atoms with van der Waals surface area (Å²) in [4.78, 5) is 26.4. The monoisotopic (exact) mass is 354 g/mol. The van der Waals surface area contributed by atoms with E-state index in [-0.39, 0.29) is 12.1 Å². The van der Waals surface area contributed by atoms with E-state index < -0.39 is 12.0 Å². The molecule has 1 aliphatic heterocycles. The van der Waals surface area contributed by atoms with Crippen LogP contribution in [0.15, 0.2) is 29.5 Å². The van der Waals surface area contributed by atoms with Crippen LogP contribution < -0.4 is 5.32 Å². The molecule has 122 valence electrons. The summed E-state index contributed by atoms with van der Waals surface area (Å²) in [6, 6.07) is 4.23. The average Bonchev–Trinajstić information content (AvgIpc) is 3.31. The maximum Gasteiger partial charge on any atom is 0.337 e. The lowest BCUT2D eigenvalue weighted by Crippen LogP contribution is -2.48. The summed E-state index contributed by atoms with van der Waals surface area (Å²) >= 11 is 12.2. The molecule has 1 heterocycles. The van der Waals surface area contributed by atoms with Gasteiger partial charge in [-0.3, -0.25) is 4.90 Å².